The highest BCUT2D eigenvalue weighted by atomic mass is 19.4. The molecule has 1 atom stereocenters. The summed E-state index contributed by atoms with van der Waals surface area (Å²) in [4.78, 5) is 36.1. The maximum atomic E-state index is 12.5. The van der Waals surface area contributed by atoms with Gasteiger partial charge in [0.25, 0.3) is 5.91 Å². The van der Waals surface area contributed by atoms with E-state index in [9.17, 15) is 22.8 Å². The third-order valence-corrected chi connectivity index (χ3v) is 3.86. The first-order valence-electron chi connectivity index (χ1n) is 9.08. The van der Waals surface area contributed by atoms with Crippen molar-refractivity contribution in [3.05, 3.63) is 41.3 Å². The van der Waals surface area contributed by atoms with Crippen LogP contribution < -0.4 is 15.4 Å². The Hall–Kier alpha value is -3.24. The van der Waals surface area contributed by atoms with Crippen molar-refractivity contribution in [1.82, 2.24) is 20.3 Å². The number of hydrogen-bond donors (Lipinski definition) is 2. The molecule has 11 heteroatoms. The van der Waals surface area contributed by atoms with E-state index in [0.29, 0.717) is 11.3 Å². The fraction of sp³-hybridized carbons (Fsp3) is 0.421. The van der Waals surface area contributed by atoms with Crippen LogP contribution in [-0.2, 0) is 11.3 Å². The predicted octanol–water partition coefficient (Wildman–Crippen LogP) is 3.03. The zero-order chi connectivity index (χ0) is 22.5. The van der Waals surface area contributed by atoms with Crippen molar-refractivity contribution in [2.45, 2.75) is 46.5 Å². The Labute approximate surface area is 171 Å². The number of aryl methyl sites for hydroxylation is 1. The molecule has 0 saturated heterocycles. The average Bonchev–Trinajstić information content (AvgIpc) is 2.65. The summed E-state index contributed by atoms with van der Waals surface area (Å²) in [5.74, 6) is -1.20. The molecule has 2 aromatic heterocycles. The molecule has 30 heavy (non-hydrogen) atoms. The number of aromatic nitrogens is 3. The number of alkyl halides is 3. The third kappa shape index (κ3) is 6.68. The SMILES string of the molecule is Cc1cc(C(=O)NCc2ccc(O[C@H](C)C(F)(F)F)nc2)nc(NC(=O)C(C)C)n1. The molecule has 2 rings (SSSR count). The molecule has 0 bridgehead atoms. The summed E-state index contributed by atoms with van der Waals surface area (Å²) in [6.45, 7) is 6.04. The lowest BCUT2D eigenvalue weighted by Crippen LogP contribution is -2.31. The van der Waals surface area contributed by atoms with Gasteiger partial charge in [-0.1, -0.05) is 19.9 Å². The quantitative estimate of drug-likeness (QED) is 0.706. The summed E-state index contributed by atoms with van der Waals surface area (Å²) in [6.07, 6.45) is -5.17. The van der Waals surface area contributed by atoms with Gasteiger partial charge in [-0.25, -0.2) is 15.0 Å². The highest BCUT2D eigenvalue weighted by Gasteiger charge is 2.38. The summed E-state index contributed by atoms with van der Waals surface area (Å²) in [6, 6.07) is 4.25. The minimum absolute atomic E-state index is 0.0285. The first-order chi connectivity index (χ1) is 14.0. The molecule has 0 spiro atoms. The van der Waals surface area contributed by atoms with Crippen molar-refractivity contribution in [3.8, 4) is 5.88 Å². The highest BCUT2D eigenvalue weighted by molar-refractivity contribution is 5.94. The first-order valence-corrected chi connectivity index (χ1v) is 9.08. The molecule has 0 radical (unpaired) electrons. The summed E-state index contributed by atoms with van der Waals surface area (Å²) >= 11 is 0. The number of halogens is 3. The van der Waals surface area contributed by atoms with E-state index >= 15 is 0 Å². The van der Waals surface area contributed by atoms with Gasteiger partial charge in [-0.2, -0.15) is 13.2 Å². The summed E-state index contributed by atoms with van der Waals surface area (Å²) < 4.78 is 42.3. The van der Waals surface area contributed by atoms with Crippen LogP contribution in [0, 0.1) is 12.8 Å². The standard InChI is InChI=1S/C19H22F3N5O3/c1-10(2)16(28)27-18-25-11(3)7-14(26-18)17(29)24-9-13-5-6-15(23-8-13)30-12(4)19(20,21)22/h5-8,10,12H,9H2,1-4H3,(H,24,29)(H,25,26,27,28)/t12-/m1/s1. The molecular formula is C19H22F3N5O3. The molecule has 2 aromatic rings. The highest BCUT2D eigenvalue weighted by Crippen LogP contribution is 2.23. The number of hydrogen-bond acceptors (Lipinski definition) is 6. The van der Waals surface area contributed by atoms with E-state index in [-0.39, 0.29) is 35.9 Å². The fourth-order valence-corrected chi connectivity index (χ4v) is 2.10. The second-order valence-corrected chi connectivity index (χ2v) is 6.85. The van der Waals surface area contributed by atoms with Gasteiger partial charge in [-0.15, -0.1) is 0 Å². The number of nitrogens with zero attached hydrogens (tertiary/aromatic N) is 3. The number of rotatable bonds is 7. The van der Waals surface area contributed by atoms with Gasteiger partial charge in [-0.05, 0) is 25.5 Å². The zero-order valence-electron chi connectivity index (χ0n) is 16.9. The van der Waals surface area contributed by atoms with Gasteiger partial charge in [0.05, 0.1) is 0 Å². The van der Waals surface area contributed by atoms with Gasteiger partial charge < -0.3 is 10.1 Å². The normalized spacial score (nSPS) is 12.4. The maximum absolute atomic E-state index is 12.5. The Morgan fingerprint density at radius 1 is 1.17 bits per heavy atom. The number of pyridine rings is 1. The Balaban J connectivity index is 1.98. The number of carbonyl (C=O) groups is 2. The van der Waals surface area contributed by atoms with Crippen molar-refractivity contribution in [1.29, 1.82) is 0 Å². The minimum Gasteiger partial charge on any atom is -0.465 e. The van der Waals surface area contributed by atoms with Crippen LogP contribution in [-0.4, -0.2) is 39.0 Å². The smallest absolute Gasteiger partial charge is 0.425 e. The molecule has 0 aliphatic heterocycles. The fourth-order valence-electron chi connectivity index (χ4n) is 2.10. The van der Waals surface area contributed by atoms with E-state index in [1.807, 2.05) is 0 Å². The van der Waals surface area contributed by atoms with Crippen molar-refractivity contribution < 1.29 is 27.5 Å². The van der Waals surface area contributed by atoms with E-state index in [1.165, 1.54) is 24.4 Å². The van der Waals surface area contributed by atoms with E-state index in [4.69, 9.17) is 4.74 Å². The lowest BCUT2D eigenvalue weighted by Gasteiger charge is -2.16. The Morgan fingerprint density at radius 2 is 1.87 bits per heavy atom. The summed E-state index contributed by atoms with van der Waals surface area (Å²) in [5.41, 5.74) is 1.11. The van der Waals surface area contributed by atoms with Crippen molar-refractivity contribution in [2.75, 3.05) is 5.32 Å². The number of amides is 2. The van der Waals surface area contributed by atoms with Crippen molar-refractivity contribution >= 4 is 17.8 Å². The van der Waals surface area contributed by atoms with Crippen molar-refractivity contribution in [2.24, 2.45) is 5.92 Å². The van der Waals surface area contributed by atoms with Crippen LogP contribution in [0.4, 0.5) is 19.1 Å². The van der Waals surface area contributed by atoms with Gasteiger partial charge >= 0.3 is 6.18 Å². The third-order valence-electron chi connectivity index (χ3n) is 3.86. The molecule has 0 aromatic carbocycles. The molecule has 0 fully saturated rings. The van der Waals surface area contributed by atoms with Crippen LogP contribution in [0.3, 0.4) is 0 Å². The molecule has 2 heterocycles. The lowest BCUT2D eigenvalue weighted by molar-refractivity contribution is -0.189. The van der Waals surface area contributed by atoms with Gasteiger partial charge in [0, 0.05) is 30.4 Å². The van der Waals surface area contributed by atoms with Crippen LogP contribution in [0.1, 0.15) is 42.5 Å². The Kier molecular flexibility index (Phi) is 7.30. The van der Waals surface area contributed by atoms with Gasteiger partial charge in [-0.3, -0.25) is 14.9 Å². The molecule has 8 nitrogen and oxygen atoms in total. The number of nitrogens with one attached hydrogen (secondary N) is 2. The second-order valence-electron chi connectivity index (χ2n) is 6.85. The zero-order valence-corrected chi connectivity index (χ0v) is 16.9. The number of anilines is 1. The van der Waals surface area contributed by atoms with E-state index in [2.05, 4.69) is 25.6 Å². The molecule has 2 amide bonds. The van der Waals surface area contributed by atoms with Crippen LogP contribution in [0.15, 0.2) is 24.4 Å². The van der Waals surface area contributed by atoms with Crippen LogP contribution in [0.5, 0.6) is 5.88 Å². The first kappa shape index (κ1) is 23.0. The maximum Gasteiger partial charge on any atom is 0.425 e. The summed E-state index contributed by atoms with van der Waals surface area (Å²) in [7, 11) is 0. The lowest BCUT2D eigenvalue weighted by atomic mass is 10.2. The van der Waals surface area contributed by atoms with Crippen LogP contribution >= 0.6 is 0 Å². The minimum atomic E-state index is -4.49. The van der Waals surface area contributed by atoms with Crippen LogP contribution in [0.25, 0.3) is 0 Å². The monoisotopic (exact) mass is 425 g/mol. The van der Waals surface area contributed by atoms with E-state index < -0.39 is 18.2 Å². The van der Waals surface area contributed by atoms with Gasteiger partial charge in [0.1, 0.15) is 5.69 Å². The van der Waals surface area contributed by atoms with Gasteiger partial charge in [0.2, 0.25) is 17.7 Å². The number of carbonyl (C=O) groups excluding carboxylic acids is 2. The van der Waals surface area contributed by atoms with Crippen LogP contribution in [0.2, 0.25) is 0 Å². The topological polar surface area (TPSA) is 106 Å². The van der Waals surface area contributed by atoms with Gasteiger partial charge in [0.15, 0.2) is 6.10 Å². The molecular weight excluding hydrogens is 403 g/mol. The number of ether oxygens (including phenoxy) is 1. The molecule has 0 aliphatic carbocycles. The predicted molar refractivity (Wildman–Crippen MR) is 102 cm³/mol. The van der Waals surface area contributed by atoms with E-state index in [1.54, 1.807) is 20.8 Å². The van der Waals surface area contributed by atoms with E-state index in [0.717, 1.165) is 6.92 Å². The molecule has 2 N–H and O–H groups in total. The Bertz CT molecular complexity index is 901. The molecule has 0 unspecified atom stereocenters. The molecule has 0 aliphatic rings. The molecule has 0 saturated carbocycles. The molecule has 162 valence electrons. The average molecular weight is 425 g/mol. The largest absolute Gasteiger partial charge is 0.465 e. The van der Waals surface area contributed by atoms with Crippen molar-refractivity contribution in [3.63, 3.8) is 0 Å². The summed E-state index contributed by atoms with van der Waals surface area (Å²) in [5, 5.41) is 5.17. The second kappa shape index (κ2) is 9.51. The Morgan fingerprint density at radius 3 is 2.43 bits per heavy atom.